The topological polar surface area (TPSA) is 55.1 Å². The van der Waals surface area contributed by atoms with Crippen molar-refractivity contribution in [2.45, 2.75) is 17.9 Å². The standard InChI is InChI=1S/C16H17BrN2OS/c1-11(12-6-8-13(17)9-7-12)19-14-4-2-3-5-15(14)21-10-16(18)20/h2-9,11,19H,10H2,1H3,(H2,18,20). The molecule has 5 heteroatoms. The molecule has 1 amide bonds. The van der Waals surface area contributed by atoms with Gasteiger partial charge in [0.2, 0.25) is 5.91 Å². The summed E-state index contributed by atoms with van der Waals surface area (Å²) in [5.74, 6) is -0.0264. The van der Waals surface area contributed by atoms with Gasteiger partial charge in [0.1, 0.15) is 0 Å². The molecule has 1 atom stereocenters. The van der Waals surface area contributed by atoms with Crippen molar-refractivity contribution in [3.63, 3.8) is 0 Å². The molecule has 2 aromatic rings. The Morgan fingerprint density at radius 1 is 1.24 bits per heavy atom. The Kier molecular flexibility index (Phi) is 5.70. The number of carbonyl (C=O) groups excluding carboxylic acids is 1. The van der Waals surface area contributed by atoms with Crippen LogP contribution in [0.2, 0.25) is 0 Å². The van der Waals surface area contributed by atoms with Gasteiger partial charge in [-0.3, -0.25) is 4.79 Å². The number of nitrogens with two attached hydrogens (primary N) is 1. The number of halogens is 1. The fourth-order valence-electron chi connectivity index (χ4n) is 1.93. The van der Waals surface area contributed by atoms with E-state index in [2.05, 4.69) is 40.3 Å². The summed E-state index contributed by atoms with van der Waals surface area (Å²) < 4.78 is 1.07. The number of para-hydroxylation sites is 1. The second-order valence-electron chi connectivity index (χ2n) is 4.67. The Balaban J connectivity index is 2.11. The van der Waals surface area contributed by atoms with E-state index in [1.165, 1.54) is 17.3 Å². The van der Waals surface area contributed by atoms with Gasteiger partial charge in [0.15, 0.2) is 0 Å². The van der Waals surface area contributed by atoms with Crippen LogP contribution < -0.4 is 11.1 Å². The largest absolute Gasteiger partial charge is 0.378 e. The number of hydrogen-bond acceptors (Lipinski definition) is 3. The zero-order valence-electron chi connectivity index (χ0n) is 11.7. The normalized spacial score (nSPS) is 11.9. The van der Waals surface area contributed by atoms with Crippen LogP contribution in [-0.2, 0) is 4.79 Å². The van der Waals surface area contributed by atoms with Gasteiger partial charge in [-0.25, -0.2) is 0 Å². The van der Waals surface area contributed by atoms with Crippen LogP contribution in [0.1, 0.15) is 18.5 Å². The van der Waals surface area contributed by atoms with Crippen LogP contribution >= 0.6 is 27.7 Å². The van der Waals surface area contributed by atoms with Crippen molar-refractivity contribution in [3.8, 4) is 0 Å². The summed E-state index contributed by atoms with van der Waals surface area (Å²) in [6.45, 7) is 2.11. The molecule has 0 fully saturated rings. The summed E-state index contributed by atoms with van der Waals surface area (Å²) in [6.07, 6.45) is 0. The number of hydrogen-bond donors (Lipinski definition) is 2. The molecule has 0 aliphatic carbocycles. The quantitative estimate of drug-likeness (QED) is 0.755. The van der Waals surface area contributed by atoms with E-state index in [-0.39, 0.29) is 17.7 Å². The van der Waals surface area contributed by atoms with Crippen LogP contribution in [0.25, 0.3) is 0 Å². The number of benzene rings is 2. The second kappa shape index (κ2) is 7.52. The summed E-state index contributed by atoms with van der Waals surface area (Å²) >= 11 is 4.89. The average Bonchev–Trinajstić information content (AvgIpc) is 2.47. The lowest BCUT2D eigenvalue weighted by Gasteiger charge is -2.18. The Morgan fingerprint density at radius 2 is 1.90 bits per heavy atom. The molecule has 0 aliphatic rings. The Morgan fingerprint density at radius 3 is 2.57 bits per heavy atom. The Bertz CT molecular complexity index is 616. The molecule has 3 N–H and O–H groups in total. The summed E-state index contributed by atoms with van der Waals surface area (Å²) in [6, 6.07) is 16.3. The maximum atomic E-state index is 10.9. The summed E-state index contributed by atoms with van der Waals surface area (Å²) in [7, 11) is 0. The van der Waals surface area contributed by atoms with E-state index < -0.39 is 0 Å². The highest BCUT2D eigenvalue weighted by molar-refractivity contribution is 9.10. The Hall–Kier alpha value is -1.46. The molecule has 1 unspecified atom stereocenters. The highest BCUT2D eigenvalue weighted by Gasteiger charge is 2.09. The van der Waals surface area contributed by atoms with Gasteiger partial charge < -0.3 is 11.1 Å². The summed E-state index contributed by atoms with van der Waals surface area (Å²) in [5, 5.41) is 3.48. The fraction of sp³-hybridized carbons (Fsp3) is 0.188. The SMILES string of the molecule is CC(Nc1ccccc1SCC(N)=O)c1ccc(Br)cc1. The predicted molar refractivity (Wildman–Crippen MR) is 92.5 cm³/mol. The van der Waals surface area contributed by atoms with Gasteiger partial charge in [0.05, 0.1) is 5.75 Å². The highest BCUT2D eigenvalue weighted by Crippen LogP contribution is 2.30. The smallest absolute Gasteiger partial charge is 0.227 e. The van der Waals surface area contributed by atoms with Crippen LogP contribution in [0.15, 0.2) is 57.9 Å². The minimum Gasteiger partial charge on any atom is -0.378 e. The number of nitrogens with one attached hydrogen (secondary N) is 1. The van der Waals surface area contributed by atoms with Crippen molar-refractivity contribution in [2.24, 2.45) is 5.73 Å². The van der Waals surface area contributed by atoms with Crippen LogP contribution in [0.3, 0.4) is 0 Å². The third kappa shape index (κ3) is 4.79. The second-order valence-corrected chi connectivity index (χ2v) is 6.60. The van der Waals surface area contributed by atoms with Gasteiger partial charge >= 0.3 is 0 Å². The first-order valence-electron chi connectivity index (χ1n) is 6.58. The lowest BCUT2D eigenvalue weighted by Crippen LogP contribution is -2.13. The van der Waals surface area contributed by atoms with Gasteiger partial charge in [-0.1, -0.05) is 40.2 Å². The van der Waals surface area contributed by atoms with E-state index in [1.54, 1.807) is 0 Å². The monoisotopic (exact) mass is 364 g/mol. The molecule has 21 heavy (non-hydrogen) atoms. The molecule has 0 radical (unpaired) electrons. The predicted octanol–water partition coefficient (Wildman–Crippen LogP) is 4.20. The third-order valence-corrected chi connectivity index (χ3v) is 4.62. The molecule has 110 valence electrons. The molecule has 0 aromatic heterocycles. The molecule has 0 spiro atoms. The van der Waals surface area contributed by atoms with E-state index in [0.717, 1.165) is 15.1 Å². The first-order chi connectivity index (χ1) is 10.1. The summed E-state index contributed by atoms with van der Waals surface area (Å²) in [4.78, 5) is 12.0. The maximum Gasteiger partial charge on any atom is 0.227 e. The van der Waals surface area contributed by atoms with Gasteiger partial charge in [-0.2, -0.15) is 0 Å². The van der Waals surface area contributed by atoms with Crippen molar-refractivity contribution in [3.05, 3.63) is 58.6 Å². The number of carbonyl (C=O) groups is 1. The zero-order chi connectivity index (χ0) is 15.2. The van der Waals surface area contributed by atoms with Crippen LogP contribution in [0, 0.1) is 0 Å². The van der Waals surface area contributed by atoms with Crippen LogP contribution in [0.4, 0.5) is 5.69 Å². The zero-order valence-corrected chi connectivity index (χ0v) is 14.1. The van der Waals surface area contributed by atoms with E-state index in [1.807, 2.05) is 36.4 Å². The number of thioether (sulfide) groups is 1. The van der Waals surface area contributed by atoms with Gasteiger partial charge in [0, 0.05) is 21.1 Å². The van der Waals surface area contributed by atoms with E-state index in [0.29, 0.717) is 0 Å². The number of primary amides is 1. The molecule has 3 nitrogen and oxygen atoms in total. The van der Waals surface area contributed by atoms with Gasteiger partial charge in [-0.15, -0.1) is 11.8 Å². The molecule has 2 rings (SSSR count). The molecule has 0 bridgehead atoms. The van der Waals surface area contributed by atoms with Crippen molar-refractivity contribution in [2.75, 3.05) is 11.1 Å². The van der Waals surface area contributed by atoms with Crippen molar-refractivity contribution >= 4 is 39.3 Å². The fourth-order valence-corrected chi connectivity index (χ4v) is 2.95. The number of anilines is 1. The lowest BCUT2D eigenvalue weighted by atomic mass is 10.1. The van der Waals surface area contributed by atoms with Gasteiger partial charge in [0.25, 0.3) is 0 Å². The van der Waals surface area contributed by atoms with Crippen LogP contribution in [-0.4, -0.2) is 11.7 Å². The van der Waals surface area contributed by atoms with E-state index in [4.69, 9.17) is 5.73 Å². The minimum atomic E-state index is -0.309. The molecule has 0 saturated carbocycles. The lowest BCUT2D eigenvalue weighted by molar-refractivity contribution is -0.115. The van der Waals surface area contributed by atoms with Crippen molar-refractivity contribution < 1.29 is 4.79 Å². The molecular formula is C16H17BrN2OS. The van der Waals surface area contributed by atoms with E-state index >= 15 is 0 Å². The molecule has 0 saturated heterocycles. The van der Waals surface area contributed by atoms with E-state index in [9.17, 15) is 4.79 Å². The molecule has 0 aliphatic heterocycles. The first kappa shape index (κ1) is 15.9. The Labute approximate surface area is 137 Å². The van der Waals surface area contributed by atoms with Crippen molar-refractivity contribution in [1.29, 1.82) is 0 Å². The number of amides is 1. The first-order valence-corrected chi connectivity index (χ1v) is 8.36. The average molecular weight is 365 g/mol. The van der Waals surface area contributed by atoms with Crippen molar-refractivity contribution in [1.82, 2.24) is 0 Å². The third-order valence-electron chi connectivity index (χ3n) is 3.00. The molecule has 0 heterocycles. The highest BCUT2D eigenvalue weighted by atomic mass is 79.9. The minimum absolute atomic E-state index is 0.174. The summed E-state index contributed by atoms with van der Waals surface area (Å²) in [5.41, 5.74) is 7.43. The van der Waals surface area contributed by atoms with Crippen LogP contribution in [0.5, 0.6) is 0 Å². The molecule has 2 aromatic carbocycles. The number of rotatable bonds is 6. The maximum absolute atomic E-state index is 10.9. The molecular weight excluding hydrogens is 348 g/mol. The van der Waals surface area contributed by atoms with Gasteiger partial charge in [-0.05, 0) is 36.8 Å².